The van der Waals surface area contributed by atoms with Gasteiger partial charge in [0.15, 0.2) is 6.10 Å². The first-order valence-corrected chi connectivity index (χ1v) is 8.90. The van der Waals surface area contributed by atoms with Crippen LogP contribution >= 0.6 is 11.8 Å². The van der Waals surface area contributed by atoms with Gasteiger partial charge in [-0.3, -0.25) is 9.59 Å². The maximum absolute atomic E-state index is 12.2. The molecule has 0 spiro atoms. The van der Waals surface area contributed by atoms with Crippen molar-refractivity contribution < 1.29 is 19.1 Å². The molecule has 0 aliphatic heterocycles. The zero-order valence-electron chi connectivity index (χ0n) is 14.2. The van der Waals surface area contributed by atoms with Gasteiger partial charge in [-0.1, -0.05) is 30.3 Å². The van der Waals surface area contributed by atoms with Crippen molar-refractivity contribution in [3.8, 4) is 5.75 Å². The van der Waals surface area contributed by atoms with Crippen LogP contribution in [0.5, 0.6) is 5.75 Å². The third-order valence-electron chi connectivity index (χ3n) is 3.36. The Morgan fingerprint density at radius 1 is 1.08 bits per heavy atom. The fourth-order valence-corrected chi connectivity index (χ4v) is 2.91. The van der Waals surface area contributed by atoms with Gasteiger partial charge in [-0.2, -0.15) is 0 Å². The van der Waals surface area contributed by atoms with Crippen LogP contribution < -0.4 is 10.1 Å². The molecular weight excluding hydrogens is 338 g/mol. The highest BCUT2D eigenvalue weighted by Gasteiger charge is 2.19. The quantitative estimate of drug-likeness (QED) is 0.574. The number of para-hydroxylation sites is 2. The van der Waals surface area contributed by atoms with E-state index >= 15 is 0 Å². The van der Waals surface area contributed by atoms with E-state index in [0.29, 0.717) is 17.2 Å². The maximum Gasteiger partial charge on any atom is 0.307 e. The van der Waals surface area contributed by atoms with Gasteiger partial charge in [0.05, 0.1) is 19.2 Å². The molecule has 0 aliphatic rings. The molecule has 1 N–H and O–H groups in total. The molecule has 0 fully saturated rings. The summed E-state index contributed by atoms with van der Waals surface area (Å²) in [5.74, 6) is 0.359. The summed E-state index contributed by atoms with van der Waals surface area (Å²) in [6.45, 7) is 1.55. The first-order chi connectivity index (χ1) is 12.1. The number of hydrogen-bond acceptors (Lipinski definition) is 5. The van der Waals surface area contributed by atoms with Crippen molar-refractivity contribution in [1.29, 1.82) is 0 Å². The van der Waals surface area contributed by atoms with Crippen molar-refractivity contribution in [1.82, 2.24) is 0 Å². The van der Waals surface area contributed by atoms with Crippen LogP contribution in [-0.2, 0) is 14.3 Å². The minimum atomic E-state index is -0.876. The number of nitrogens with one attached hydrogen (secondary N) is 1. The lowest BCUT2D eigenvalue weighted by Crippen LogP contribution is -2.30. The van der Waals surface area contributed by atoms with Gasteiger partial charge in [-0.15, -0.1) is 11.8 Å². The number of ether oxygens (including phenoxy) is 2. The Morgan fingerprint density at radius 2 is 1.76 bits per heavy atom. The SMILES string of the molecule is COc1ccccc1NC(=O)C(C)OC(=O)CCSc1ccccc1. The molecule has 6 heteroatoms. The van der Waals surface area contributed by atoms with Crippen molar-refractivity contribution in [3.63, 3.8) is 0 Å². The molecular formula is C19H21NO4S. The number of carbonyl (C=O) groups excluding carboxylic acids is 2. The van der Waals surface area contributed by atoms with E-state index in [1.54, 1.807) is 36.9 Å². The highest BCUT2D eigenvalue weighted by Crippen LogP contribution is 2.23. The van der Waals surface area contributed by atoms with Crippen LogP contribution in [0, 0.1) is 0 Å². The van der Waals surface area contributed by atoms with Gasteiger partial charge < -0.3 is 14.8 Å². The maximum atomic E-state index is 12.2. The summed E-state index contributed by atoms with van der Waals surface area (Å²) >= 11 is 1.57. The minimum absolute atomic E-state index is 0.242. The minimum Gasteiger partial charge on any atom is -0.495 e. The molecule has 132 valence electrons. The van der Waals surface area contributed by atoms with Crippen molar-refractivity contribution in [2.75, 3.05) is 18.2 Å². The van der Waals surface area contributed by atoms with Crippen LogP contribution in [0.1, 0.15) is 13.3 Å². The van der Waals surface area contributed by atoms with Crippen molar-refractivity contribution >= 4 is 29.3 Å². The number of methoxy groups -OCH3 is 1. The largest absolute Gasteiger partial charge is 0.495 e. The van der Waals surface area contributed by atoms with Gasteiger partial charge in [0.2, 0.25) is 0 Å². The summed E-state index contributed by atoms with van der Waals surface area (Å²) in [4.78, 5) is 25.1. The van der Waals surface area contributed by atoms with Gasteiger partial charge in [-0.05, 0) is 31.2 Å². The predicted octanol–water partition coefficient (Wildman–Crippen LogP) is 3.75. The molecule has 0 saturated carbocycles. The molecule has 0 radical (unpaired) electrons. The fourth-order valence-electron chi connectivity index (χ4n) is 2.06. The summed E-state index contributed by atoms with van der Waals surface area (Å²) in [5, 5.41) is 2.70. The molecule has 1 amide bonds. The molecule has 0 aliphatic carbocycles. The van der Waals surface area contributed by atoms with Crippen LogP contribution in [0.15, 0.2) is 59.5 Å². The molecule has 1 unspecified atom stereocenters. The second-order valence-corrected chi connectivity index (χ2v) is 6.40. The average molecular weight is 359 g/mol. The van der Waals surface area contributed by atoms with Crippen LogP contribution in [0.4, 0.5) is 5.69 Å². The van der Waals surface area contributed by atoms with E-state index in [9.17, 15) is 9.59 Å². The number of anilines is 1. The molecule has 2 aromatic rings. The second-order valence-electron chi connectivity index (χ2n) is 5.23. The first-order valence-electron chi connectivity index (χ1n) is 7.91. The Hall–Kier alpha value is -2.47. The molecule has 25 heavy (non-hydrogen) atoms. The Kier molecular flexibility index (Phi) is 7.35. The number of rotatable bonds is 8. The second kappa shape index (κ2) is 9.74. The zero-order chi connectivity index (χ0) is 18.1. The lowest BCUT2D eigenvalue weighted by atomic mass is 10.2. The van der Waals surface area contributed by atoms with Crippen LogP contribution in [0.3, 0.4) is 0 Å². The van der Waals surface area contributed by atoms with E-state index in [1.807, 2.05) is 36.4 Å². The standard InChI is InChI=1S/C19H21NO4S/c1-14(19(22)20-16-10-6-7-11-17(16)23-2)24-18(21)12-13-25-15-8-4-3-5-9-15/h3-11,14H,12-13H2,1-2H3,(H,20,22). The number of esters is 1. The van der Waals surface area contributed by atoms with Gasteiger partial charge in [0.25, 0.3) is 5.91 Å². The highest BCUT2D eigenvalue weighted by atomic mass is 32.2. The third-order valence-corrected chi connectivity index (χ3v) is 4.37. The molecule has 2 aromatic carbocycles. The Morgan fingerprint density at radius 3 is 2.48 bits per heavy atom. The molecule has 0 bridgehead atoms. The summed E-state index contributed by atoms with van der Waals surface area (Å²) < 4.78 is 10.4. The Balaban J connectivity index is 1.77. The molecule has 0 aromatic heterocycles. The smallest absolute Gasteiger partial charge is 0.307 e. The lowest BCUT2D eigenvalue weighted by Gasteiger charge is -2.15. The zero-order valence-corrected chi connectivity index (χ0v) is 15.0. The summed E-state index contributed by atoms with van der Waals surface area (Å²) in [5.41, 5.74) is 0.539. The molecule has 2 rings (SSSR count). The normalized spacial score (nSPS) is 11.4. The average Bonchev–Trinajstić information content (AvgIpc) is 2.63. The monoisotopic (exact) mass is 359 g/mol. The van der Waals surface area contributed by atoms with Gasteiger partial charge >= 0.3 is 5.97 Å². The highest BCUT2D eigenvalue weighted by molar-refractivity contribution is 7.99. The van der Waals surface area contributed by atoms with E-state index in [0.717, 1.165) is 4.90 Å². The van der Waals surface area contributed by atoms with Crippen molar-refractivity contribution in [2.24, 2.45) is 0 Å². The number of benzene rings is 2. The molecule has 5 nitrogen and oxygen atoms in total. The van der Waals surface area contributed by atoms with E-state index in [2.05, 4.69) is 5.32 Å². The van der Waals surface area contributed by atoms with Crippen LogP contribution in [-0.4, -0.2) is 30.8 Å². The number of carbonyl (C=O) groups is 2. The Labute approximate surface area is 151 Å². The fraction of sp³-hybridized carbons (Fsp3) is 0.263. The van der Waals surface area contributed by atoms with Gasteiger partial charge in [0.1, 0.15) is 5.75 Å². The van der Waals surface area contributed by atoms with E-state index < -0.39 is 18.0 Å². The number of amides is 1. The van der Waals surface area contributed by atoms with E-state index in [-0.39, 0.29) is 6.42 Å². The lowest BCUT2D eigenvalue weighted by molar-refractivity contribution is -0.152. The first kappa shape index (κ1) is 18.9. The van der Waals surface area contributed by atoms with Crippen molar-refractivity contribution in [3.05, 3.63) is 54.6 Å². The molecule has 1 atom stereocenters. The summed E-state index contributed by atoms with van der Waals surface area (Å²) in [6.07, 6.45) is -0.634. The number of hydrogen-bond donors (Lipinski definition) is 1. The number of thioether (sulfide) groups is 1. The molecule has 0 heterocycles. The summed E-state index contributed by atoms with van der Waals surface area (Å²) in [6, 6.07) is 16.9. The van der Waals surface area contributed by atoms with Gasteiger partial charge in [0, 0.05) is 10.6 Å². The van der Waals surface area contributed by atoms with Crippen molar-refractivity contribution in [2.45, 2.75) is 24.3 Å². The van der Waals surface area contributed by atoms with Crippen LogP contribution in [0.25, 0.3) is 0 Å². The van der Waals surface area contributed by atoms with E-state index in [4.69, 9.17) is 9.47 Å². The van der Waals surface area contributed by atoms with Crippen LogP contribution in [0.2, 0.25) is 0 Å². The summed E-state index contributed by atoms with van der Waals surface area (Å²) in [7, 11) is 1.53. The third kappa shape index (κ3) is 6.15. The Bertz CT molecular complexity index is 706. The van der Waals surface area contributed by atoms with Gasteiger partial charge in [-0.25, -0.2) is 0 Å². The predicted molar refractivity (Wildman–Crippen MR) is 99.0 cm³/mol. The van der Waals surface area contributed by atoms with E-state index in [1.165, 1.54) is 7.11 Å². The topological polar surface area (TPSA) is 64.6 Å². The molecule has 0 saturated heterocycles.